The minimum Gasteiger partial charge on any atom is -0.388 e. The molecule has 2 amide bonds. The van der Waals surface area contributed by atoms with E-state index >= 15 is 0 Å². The fourth-order valence-corrected chi connectivity index (χ4v) is 1.34. The van der Waals surface area contributed by atoms with Crippen molar-refractivity contribution in [1.29, 1.82) is 0 Å². The van der Waals surface area contributed by atoms with Crippen LogP contribution in [0.15, 0.2) is 0 Å². The van der Waals surface area contributed by atoms with Gasteiger partial charge in [-0.15, -0.1) is 0 Å². The van der Waals surface area contributed by atoms with E-state index in [1.54, 1.807) is 6.92 Å². The van der Waals surface area contributed by atoms with Crippen molar-refractivity contribution in [1.82, 2.24) is 10.6 Å². The molecular weight excluding hydrogens is 216 g/mol. The minimum atomic E-state index is -0.834. The maximum Gasteiger partial charge on any atom is 0.315 e. The summed E-state index contributed by atoms with van der Waals surface area (Å²) in [4.78, 5) is 11.5. The number of carbonyl (C=O) groups excluding carboxylic acids is 1. The summed E-state index contributed by atoms with van der Waals surface area (Å²) < 4.78 is 0. The van der Waals surface area contributed by atoms with Crippen molar-refractivity contribution in [3.05, 3.63) is 0 Å². The average molecular weight is 244 g/mol. The fourth-order valence-electron chi connectivity index (χ4n) is 1.34. The van der Waals surface area contributed by atoms with Crippen LogP contribution in [0.4, 0.5) is 4.79 Å². The van der Waals surface area contributed by atoms with E-state index in [0.29, 0.717) is 12.3 Å². The summed E-state index contributed by atoms with van der Waals surface area (Å²) in [6, 6.07) is -0.234. The molecule has 0 rings (SSSR count). The van der Waals surface area contributed by atoms with Crippen molar-refractivity contribution in [2.45, 2.75) is 65.5 Å². The molecule has 0 aliphatic carbocycles. The molecule has 0 aromatic heterocycles. The van der Waals surface area contributed by atoms with Crippen LogP contribution < -0.4 is 10.6 Å². The maximum absolute atomic E-state index is 11.5. The van der Waals surface area contributed by atoms with E-state index in [-0.39, 0.29) is 18.1 Å². The monoisotopic (exact) mass is 244 g/mol. The van der Waals surface area contributed by atoms with Gasteiger partial charge < -0.3 is 15.7 Å². The lowest BCUT2D eigenvalue weighted by Gasteiger charge is -2.26. The topological polar surface area (TPSA) is 61.4 Å². The highest BCUT2D eigenvalue weighted by Gasteiger charge is 2.22. The number of nitrogens with one attached hydrogen (secondary N) is 2. The van der Waals surface area contributed by atoms with E-state index < -0.39 is 5.60 Å². The highest BCUT2D eigenvalue weighted by Crippen LogP contribution is 2.15. The Kier molecular flexibility index (Phi) is 5.96. The predicted molar refractivity (Wildman–Crippen MR) is 71.0 cm³/mol. The van der Waals surface area contributed by atoms with Gasteiger partial charge in [0, 0.05) is 12.1 Å². The molecule has 0 bridgehead atoms. The molecule has 1 atom stereocenters. The molecule has 0 radical (unpaired) electrons. The lowest BCUT2D eigenvalue weighted by Crippen LogP contribution is -2.50. The first-order valence-electron chi connectivity index (χ1n) is 6.30. The standard InChI is InChI=1S/C13H28N2O2/c1-10(2)7-8-13(6,17)9-14-11(16)15-12(3,4)5/h10,17H,7-9H2,1-6H3,(H2,14,15,16). The van der Waals surface area contributed by atoms with Gasteiger partial charge in [-0.25, -0.2) is 4.79 Å². The molecule has 0 aliphatic rings. The molecule has 0 saturated heterocycles. The van der Waals surface area contributed by atoms with Crippen molar-refractivity contribution in [3.63, 3.8) is 0 Å². The van der Waals surface area contributed by atoms with E-state index in [0.717, 1.165) is 6.42 Å². The lowest BCUT2D eigenvalue weighted by molar-refractivity contribution is 0.0474. The van der Waals surface area contributed by atoms with Gasteiger partial charge in [0.25, 0.3) is 0 Å². The number of hydrogen-bond acceptors (Lipinski definition) is 2. The number of carbonyl (C=O) groups is 1. The zero-order valence-electron chi connectivity index (χ0n) is 12.1. The van der Waals surface area contributed by atoms with Gasteiger partial charge in [0.2, 0.25) is 0 Å². The van der Waals surface area contributed by atoms with Crippen molar-refractivity contribution in [2.75, 3.05) is 6.54 Å². The van der Waals surface area contributed by atoms with Crippen LogP contribution in [0.5, 0.6) is 0 Å². The molecule has 0 aliphatic heterocycles. The van der Waals surface area contributed by atoms with Crippen LogP contribution >= 0.6 is 0 Å². The van der Waals surface area contributed by atoms with E-state index in [1.165, 1.54) is 0 Å². The van der Waals surface area contributed by atoms with Crippen LogP contribution in [-0.4, -0.2) is 28.8 Å². The van der Waals surface area contributed by atoms with Crippen molar-refractivity contribution >= 4 is 6.03 Å². The summed E-state index contributed by atoms with van der Waals surface area (Å²) in [6.45, 7) is 12.0. The van der Waals surface area contributed by atoms with Gasteiger partial charge in [-0.05, 0) is 46.5 Å². The molecule has 1 unspecified atom stereocenters. The van der Waals surface area contributed by atoms with Crippen molar-refractivity contribution < 1.29 is 9.90 Å². The van der Waals surface area contributed by atoms with Gasteiger partial charge in [-0.2, -0.15) is 0 Å². The SMILES string of the molecule is CC(C)CCC(C)(O)CNC(=O)NC(C)(C)C. The zero-order valence-corrected chi connectivity index (χ0v) is 12.1. The van der Waals surface area contributed by atoms with E-state index in [4.69, 9.17) is 0 Å². The number of aliphatic hydroxyl groups is 1. The molecule has 0 aromatic carbocycles. The normalized spacial score (nSPS) is 15.5. The van der Waals surface area contributed by atoms with E-state index in [9.17, 15) is 9.90 Å². The highest BCUT2D eigenvalue weighted by molar-refractivity contribution is 5.74. The van der Waals surface area contributed by atoms with Crippen LogP contribution in [0, 0.1) is 5.92 Å². The van der Waals surface area contributed by atoms with E-state index in [1.807, 2.05) is 20.8 Å². The van der Waals surface area contributed by atoms with Crippen molar-refractivity contribution in [2.24, 2.45) is 5.92 Å². The Balaban J connectivity index is 3.96. The molecular formula is C13H28N2O2. The Bertz CT molecular complexity index is 242. The third-order valence-corrected chi connectivity index (χ3v) is 2.38. The second-order valence-corrected chi connectivity index (χ2v) is 6.49. The lowest BCUT2D eigenvalue weighted by atomic mass is 9.95. The van der Waals surface area contributed by atoms with Gasteiger partial charge in [-0.1, -0.05) is 13.8 Å². The smallest absolute Gasteiger partial charge is 0.315 e. The Labute approximate surface area is 105 Å². The van der Waals surface area contributed by atoms with Crippen LogP contribution in [0.3, 0.4) is 0 Å². The molecule has 3 N–H and O–H groups in total. The van der Waals surface area contributed by atoms with Crippen molar-refractivity contribution in [3.8, 4) is 0 Å². The molecule has 4 heteroatoms. The quantitative estimate of drug-likeness (QED) is 0.695. The summed E-state index contributed by atoms with van der Waals surface area (Å²) in [5, 5.41) is 15.6. The predicted octanol–water partition coefficient (Wildman–Crippen LogP) is 2.27. The highest BCUT2D eigenvalue weighted by atomic mass is 16.3. The van der Waals surface area contributed by atoms with Crippen LogP contribution in [0.2, 0.25) is 0 Å². The Morgan fingerprint density at radius 3 is 2.18 bits per heavy atom. The minimum absolute atomic E-state index is 0.234. The Hall–Kier alpha value is -0.770. The molecule has 102 valence electrons. The second-order valence-electron chi connectivity index (χ2n) is 6.49. The van der Waals surface area contributed by atoms with Crippen LogP contribution in [0.1, 0.15) is 54.4 Å². The molecule has 4 nitrogen and oxygen atoms in total. The summed E-state index contributed by atoms with van der Waals surface area (Å²) in [6.07, 6.45) is 1.65. The average Bonchev–Trinajstić information content (AvgIpc) is 2.09. The molecule has 0 aromatic rings. The Morgan fingerprint density at radius 1 is 1.24 bits per heavy atom. The summed E-state index contributed by atoms with van der Waals surface area (Å²) >= 11 is 0. The molecule has 0 heterocycles. The fraction of sp³-hybridized carbons (Fsp3) is 0.923. The van der Waals surface area contributed by atoms with Crippen LogP contribution in [-0.2, 0) is 0 Å². The van der Waals surface area contributed by atoms with E-state index in [2.05, 4.69) is 24.5 Å². The number of rotatable bonds is 5. The summed E-state index contributed by atoms with van der Waals surface area (Å²) in [5.74, 6) is 0.560. The van der Waals surface area contributed by atoms with Gasteiger partial charge >= 0.3 is 6.03 Å². The molecule has 17 heavy (non-hydrogen) atoms. The molecule has 0 fully saturated rings. The van der Waals surface area contributed by atoms with Gasteiger partial charge in [-0.3, -0.25) is 0 Å². The second kappa shape index (κ2) is 6.24. The largest absolute Gasteiger partial charge is 0.388 e. The number of amides is 2. The third kappa shape index (κ3) is 10.1. The molecule has 0 spiro atoms. The van der Waals surface area contributed by atoms with Gasteiger partial charge in [0.15, 0.2) is 0 Å². The number of urea groups is 1. The first kappa shape index (κ1) is 16.2. The maximum atomic E-state index is 11.5. The van der Waals surface area contributed by atoms with Gasteiger partial charge in [0.05, 0.1) is 5.60 Å². The molecule has 0 saturated carbocycles. The number of hydrogen-bond donors (Lipinski definition) is 3. The Morgan fingerprint density at radius 2 is 1.76 bits per heavy atom. The van der Waals surface area contributed by atoms with Gasteiger partial charge in [0.1, 0.15) is 0 Å². The van der Waals surface area contributed by atoms with Crippen LogP contribution in [0.25, 0.3) is 0 Å². The summed E-state index contributed by atoms with van der Waals surface area (Å²) in [7, 11) is 0. The zero-order chi connectivity index (χ0) is 13.7. The third-order valence-electron chi connectivity index (χ3n) is 2.38. The first-order valence-corrected chi connectivity index (χ1v) is 6.30. The summed E-state index contributed by atoms with van der Waals surface area (Å²) in [5.41, 5.74) is -1.09. The first-order chi connectivity index (χ1) is 7.52.